The summed E-state index contributed by atoms with van der Waals surface area (Å²) in [7, 11) is 1.64. The number of nitrogens with zero attached hydrogens (tertiary/aromatic N) is 3. The molecule has 1 aliphatic carbocycles. The third-order valence-corrected chi connectivity index (χ3v) is 5.22. The van der Waals surface area contributed by atoms with Crippen molar-refractivity contribution in [1.29, 1.82) is 0 Å². The maximum Gasteiger partial charge on any atom is 0.220 e. The van der Waals surface area contributed by atoms with Crippen LogP contribution in [0.4, 0.5) is 5.69 Å². The zero-order valence-electron chi connectivity index (χ0n) is 16.0. The predicted octanol–water partition coefficient (Wildman–Crippen LogP) is 3.60. The Kier molecular flexibility index (Phi) is 4.81. The Balaban J connectivity index is 1.77. The van der Waals surface area contributed by atoms with Gasteiger partial charge in [-0.05, 0) is 49.9 Å². The molecule has 7 heteroatoms. The average Bonchev–Trinajstić information content (AvgIpc) is 2.69. The molecule has 1 heterocycles. The number of ether oxygens (including phenoxy) is 2. The molecule has 0 amide bonds. The van der Waals surface area contributed by atoms with Crippen molar-refractivity contribution in [3.8, 4) is 17.2 Å². The largest absolute Gasteiger partial charge is 0.495 e. The second-order valence-corrected chi connectivity index (χ2v) is 7.07. The van der Waals surface area contributed by atoms with Gasteiger partial charge in [-0.3, -0.25) is 4.90 Å². The normalized spacial score (nSPS) is 18.4. The van der Waals surface area contributed by atoms with Crippen LogP contribution in [0.15, 0.2) is 58.5 Å². The van der Waals surface area contributed by atoms with Crippen molar-refractivity contribution in [3.63, 3.8) is 0 Å². The van der Waals surface area contributed by atoms with E-state index >= 15 is 0 Å². The number of methoxy groups -OCH3 is 1. The molecule has 0 unspecified atom stereocenters. The number of nitrogens with two attached hydrogens (primary N) is 2. The van der Waals surface area contributed by atoms with Crippen molar-refractivity contribution in [3.05, 3.63) is 48.5 Å². The first-order valence-corrected chi connectivity index (χ1v) is 9.52. The van der Waals surface area contributed by atoms with Crippen LogP contribution in [0.1, 0.15) is 32.1 Å². The highest BCUT2D eigenvalue weighted by atomic mass is 16.5. The van der Waals surface area contributed by atoms with Gasteiger partial charge in [0.15, 0.2) is 0 Å². The van der Waals surface area contributed by atoms with Gasteiger partial charge in [0.2, 0.25) is 11.9 Å². The quantitative estimate of drug-likeness (QED) is 0.846. The number of rotatable bonds is 4. The summed E-state index contributed by atoms with van der Waals surface area (Å²) in [6, 6.07) is 15.3. The van der Waals surface area contributed by atoms with Crippen molar-refractivity contribution in [2.75, 3.05) is 12.0 Å². The molecule has 4 N–H and O–H groups in total. The van der Waals surface area contributed by atoms with E-state index in [0.29, 0.717) is 17.5 Å². The number of anilines is 1. The molecule has 2 aliphatic rings. The smallest absolute Gasteiger partial charge is 0.220 e. The molecular formula is C21H25N5O2. The standard InChI is InChI=1S/C21H25N5O2/c1-27-18-11-10-16(28-15-8-4-2-5-9-15)14-17(18)26-20(23)24-19(22)25-21(26)12-6-3-7-13-21/h2,4-5,8-11,14H,3,6-7,12-13H2,1H3,(H4,22,23,24,25). The summed E-state index contributed by atoms with van der Waals surface area (Å²) in [5.74, 6) is 2.67. The SMILES string of the molecule is COc1ccc(Oc2ccccc2)cc1N1C(N)=NC(N)=NC12CCCCC2. The van der Waals surface area contributed by atoms with Gasteiger partial charge in [0.1, 0.15) is 22.9 Å². The second-order valence-electron chi connectivity index (χ2n) is 7.07. The lowest BCUT2D eigenvalue weighted by Gasteiger charge is -2.45. The van der Waals surface area contributed by atoms with Crippen molar-refractivity contribution in [2.45, 2.75) is 37.8 Å². The molecule has 2 aromatic carbocycles. The van der Waals surface area contributed by atoms with Crippen LogP contribution in [0.25, 0.3) is 0 Å². The summed E-state index contributed by atoms with van der Waals surface area (Å²) >= 11 is 0. The Hall–Kier alpha value is -3.22. The zero-order valence-corrected chi connectivity index (χ0v) is 16.0. The first kappa shape index (κ1) is 18.2. The Bertz CT molecular complexity index is 904. The Morgan fingerprint density at radius 1 is 0.964 bits per heavy atom. The third-order valence-electron chi connectivity index (χ3n) is 5.22. The fourth-order valence-electron chi connectivity index (χ4n) is 4.00. The summed E-state index contributed by atoms with van der Waals surface area (Å²) in [6.07, 6.45) is 5.01. The maximum absolute atomic E-state index is 6.35. The monoisotopic (exact) mass is 379 g/mol. The van der Waals surface area contributed by atoms with Crippen LogP contribution >= 0.6 is 0 Å². The highest BCUT2D eigenvalue weighted by Crippen LogP contribution is 2.44. The fourth-order valence-corrected chi connectivity index (χ4v) is 4.00. The number of hydrogen-bond acceptors (Lipinski definition) is 7. The summed E-state index contributed by atoms with van der Waals surface area (Å²) in [6.45, 7) is 0. The number of hydrogen-bond donors (Lipinski definition) is 2. The molecule has 0 radical (unpaired) electrons. The van der Waals surface area contributed by atoms with Crippen LogP contribution in [0.2, 0.25) is 0 Å². The molecule has 146 valence electrons. The topological polar surface area (TPSA) is 98.5 Å². The van der Waals surface area contributed by atoms with Crippen molar-refractivity contribution in [2.24, 2.45) is 21.5 Å². The van der Waals surface area contributed by atoms with Gasteiger partial charge in [0, 0.05) is 6.07 Å². The lowest BCUT2D eigenvalue weighted by Crippen LogP contribution is -2.58. The van der Waals surface area contributed by atoms with Crippen molar-refractivity contribution in [1.82, 2.24) is 0 Å². The van der Waals surface area contributed by atoms with E-state index in [4.69, 9.17) is 25.9 Å². The minimum Gasteiger partial charge on any atom is -0.495 e. The van der Waals surface area contributed by atoms with Gasteiger partial charge in [0.25, 0.3) is 0 Å². The molecule has 28 heavy (non-hydrogen) atoms. The maximum atomic E-state index is 6.35. The van der Waals surface area contributed by atoms with Crippen molar-refractivity contribution >= 4 is 17.6 Å². The van der Waals surface area contributed by atoms with Crippen LogP contribution in [-0.4, -0.2) is 24.7 Å². The Morgan fingerprint density at radius 2 is 1.71 bits per heavy atom. The van der Waals surface area contributed by atoms with Crippen LogP contribution in [-0.2, 0) is 0 Å². The molecule has 2 aromatic rings. The van der Waals surface area contributed by atoms with E-state index in [9.17, 15) is 0 Å². The molecule has 4 rings (SSSR count). The molecule has 1 aliphatic heterocycles. The lowest BCUT2D eigenvalue weighted by atomic mass is 9.87. The zero-order chi connectivity index (χ0) is 19.6. The molecule has 0 saturated heterocycles. The van der Waals surface area contributed by atoms with Gasteiger partial charge < -0.3 is 20.9 Å². The summed E-state index contributed by atoms with van der Waals surface area (Å²) in [4.78, 5) is 10.9. The first-order valence-electron chi connectivity index (χ1n) is 9.52. The Labute approximate surface area is 164 Å². The summed E-state index contributed by atoms with van der Waals surface area (Å²) < 4.78 is 11.6. The van der Waals surface area contributed by atoms with Gasteiger partial charge >= 0.3 is 0 Å². The highest BCUT2D eigenvalue weighted by Gasteiger charge is 2.43. The van der Waals surface area contributed by atoms with Crippen LogP contribution in [0, 0.1) is 0 Å². The fraction of sp³-hybridized carbons (Fsp3) is 0.333. The van der Waals surface area contributed by atoms with E-state index in [-0.39, 0.29) is 5.96 Å². The van der Waals surface area contributed by atoms with Gasteiger partial charge in [0.05, 0.1) is 12.8 Å². The average molecular weight is 379 g/mol. The molecular weight excluding hydrogens is 354 g/mol. The number of aliphatic imine (C=N–C) groups is 2. The second kappa shape index (κ2) is 7.42. The molecule has 1 spiro atoms. The van der Waals surface area contributed by atoms with E-state index in [1.807, 2.05) is 53.4 Å². The first-order chi connectivity index (χ1) is 13.6. The summed E-state index contributed by atoms with van der Waals surface area (Å²) in [5, 5.41) is 0. The van der Waals surface area contributed by atoms with Crippen molar-refractivity contribution < 1.29 is 9.47 Å². The molecule has 1 saturated carbocycles. The highest BCUT2D eigenvalue weighted by molar-refractivity contribution is 6.06. The number of guanidine groups is 2. The van der Waals surface area contributed by atoms with Crippen LogP contribution < -0.4 is 25.8 Å². The van der Waals surface area contributed by atoms with E-state index < -0.39 is 5.66 Å². The van der Waals surface area contributed by atoms with Gasteiger partial charge in [-0.2, -0.15) is 4.99 Å². The summed E-state index contributed by atoms with van der Waals surface area (Å²) in [5.41, 5.74) is 12.6. The molecule has 0 aromatic heterocycles. The third kappa shape index (κ3) is 3.35. The predicted molar refractivity (Wildman–Crippen MR) is 111 cm³/mol. The van der Waals surface area contributed by atoms with Gasteiger partial charge in [-0.1, -0.05) is 24.6 Å². The van der Waals surface area contributed by atoms with Gasteiger partial charge in [-0.25, -0.2) is 4.99 Å². The van der Waals surface area contributed by atoms with Crippen LogP contribution in [0.5, 0.6) is 17.2 Å². The van der Waals surface area contributed by atoms with E-state index in [1.165, 1.54) is 6.42 Å². The number of benzene rings is 2. The Morgan fingerprint density at radius 3 is 2.43 bits per heavy atom. The molecule has 7 nitrogen and oxygen atoms in total. The molecule has 1 fully saturated rings. The van der Waals surface area contributed by atoms with E-state index in [2.05, 4.69) is 4.99 Å². The number of para-hydroxylation sites is 1. The minimum atomic E-state index is -0.535. The minimum absolute atomic E-state index is 0.228. The van der Waals surface area contributed by atoms with E-state index in [1.54, 1.807) is 7.11 Å². The van der Waals surface area contributed by atoms with Crippen LogP contribution in [0.3, 0.4) is 0 Å². The van der Waals surface area contributed by atoms with Gasteiger partial charge in [-0.15, -0.1) is 0 Å². The molecule has 0 bridgehead atoms. The molecule has 0 atom stereocenters. The lowest BCUT2D eigenvalue weighted by molar-refractivity contribution is 0.302. The van der Waals surface area contributed by atoms with E-state index in [0.717, 1.165) is 37.1 Å².